The highest BCUT2D eigenvalue weighted by molar-refractivity contribution is 5.64. The first-order valence-electron chi connectivity index (χ1n) is 14.6. The van der Waals surface area contributed by atoms with Crippen LogP contribution >= 0.6 is 0 Å². The van der Waals surface area contributed by atoms with Crippen molar-refractivity contribution < 1.29 is 18.6 Å². The minimum absolute atomic E-state index is 0.758. The normalized spacial score (nSPS) is 10.9. The number of imidazole rings is 2. The Labute approximate surface area is 239 Å². The van der Waals surface area contributed by atoms with Crippen LogP contribution in [0.3, 0.4) is 0 Å². The lowest BCUT2D eigenvalue weighted by molar-refractivity contribution is -0.696. The SMILES string of the molecule is C=Cn1cc[n+](CCCCCCOc2ccc(-c3ccc(OCCCCCC[n+]4ccn(C=C)c4)cc3)cc2)c1. The Morgan fingerprint density at radius 2 is 0.950 bits per heavy atom. The molecule has 0 aliphatic rings. The fraction of sp³-hybridized carbons (Fsp3) is 0.353. The first-order chi connectivity index (χ1) is 19.7. The molecule has 2 aromatic heterocycles. The molecule has 6 nitrogen and oxygen atoms in total. The van der Waals surface area contributed by atoms with E-state index in [1.807, 2.05) is 33.9 Å². The topological polar surface area (TPSA) is 36.1 Å². The first-order valence-corrected chi connectivity index (χ1v) is 14.6. The fourth-order valence-electron chi connectivity index (χ4n) is 4.67. The lowest BCUT2D eigenvalue weighted by Crippen LogP contribution is -2.30. The Morgan fingerprint density at radius 1 is 0.550 bits per heavy atom. The third-order valence-electron chi connectivity index (χ3n) is 7.05. The second-order valence-electron chi connectivity index (χ2n) is 10.1. The fourth-order valence-corrected chi connectivity index (χ4v) is 4.67. The Hall–Kier alpha value is -4.06. The van der Waals surface area contributed by atoms with Crippen molar-refractivity contribution in [2.24, 2.45) is 0 Å². The van der Waals surface area contributed by atoms with Crippen LogP contribution in [0.25, 0.3) is 23.5 Å². The van der Waals surface area contributed by atoms with Gasteiger partial charge >= 0.3 is 0 Å². The second kappa shape index (κ2) is 16.1. The molecule has 0 N–H and O–H groups in total. The van der Waals surface area contributed by atoms with E-state index in [9.17, 15) is 0 Å². The third kappa shape index (κ3) is 9.60. The number of rotatable bonds is 19. The number of hydrogen-bond acceptors (Lipinski definition) is 2. The summed E-state index contributed by atoms with van der Waals surface area (Å²) in [5, 5.41) is 0. The summed E-state index contributed by atoms with van der Waals surface area (Å²) in [6.45, 7) is 11.2. The van der Waals surface area contributed by atoms with Crippen LogP contribution in [0.5, 0.6) is 11.5 Å². The monoisotopic (exact) mass is 540 g/mol. The van der Waals surface area contributed by atoms with E-state index in [4.69, 9.17) is 9.47 Å². The van der Waals surface area contributed by atoms with Crippen LogP contribution < -0.4 is 18.6 Å². The molecule has 4 aromatic rings. The van der Waals surface area contributed by atoms with Crippen LogP contribution in [-0.4, -0.2) is 22.3 Å². The van der Waals surface area contributed by atoms with Gasteiger partial charge in [0.25, 0.3) is 0 Å². The lowest BCUT2D eigenvalue weighted by Gasteiger charge is -2.09. The predicted octanol–water partition coefficient (Wildman–Crippen LogP) is 7.01. The van der Waals surface area contributed by atoms with E-state index in [1.54, 1.807) is 0 Å². The van der Waals surface area contributed by atoms with E-state index < -0.39 is 0 Å². The van der Waals surface area contributed by atoms with Gasteiger partial charge in [-0.3, -0.25) is 0 Å². The summed E-state index contributed by atoms with van der Waals surface area (Å²) < 4.78 is 20.3. The largest absolute Gasteiger partial charge is 0.494 e. The van der Waals surface area contributed by atoms with Crippen molar-refractivity contribution in [3.05, 3.63) is 99.1 Å². The highest BCUT2D eigenvalue weighted by atomic mass is 16.5. The average molecular weight is 541 g/mol. The highest BCUT2D eigenvalue weighted by Crippen LogP contribution is 2.25. The summed E-state index contributed by atoms with van der Waals surface area (Å²) >= 11 is 0. The number of unbranched alkanes of at least 4 members (excludes halogenated alkanes) is 6. The van der Waals surface area contributed by atoms with E-state index in [-0.39, 0.29) is 0 Å². The summed E-state index contributed by atoms with van der Waals surface area (Å²) in [5.74, 6) is 1.86. The zero-order chi connectivity index (χ0) is 27.8. The molecule has 0 aliphatic carbocycles. The van der Waals surface area contributed by atoms with Crippen molar-refractivity contribution in [1.29, 1.82) is 0 Å². The number of benzene rings is 2. The molecule has 0 fully saturated rings. The van der Waals surface area contributed by atoms with E-state index in [0.29, 0.717) is 0 Å². The quantitative estimate of drug-likeness (QED) is 0.0947. The van der Waals surface area contributed by atoms with Crippen molar-refractivity contribution in [3.63, 3.8) is 0 Å². The van der Waals surface area contributed by atoms with Gasteiger partial charge in [-0.2, -0.15) is 0 Å². The van der Waals surface area contributed by atoms with Gasteiger partial charge in [-0.25, -0.2) is 18.3 Å². The molecule has 2 aromatic carbocycles. The zero-order valence-electron chi connectivity index (χ0n) is 23.7. The molecular weight excluding hydrogens is 496 g/mol. The Kier molecular flexibility index (Phi) is 11.7. The molecule has 4 rings (SSSR count). The van der Waals surface area contributed by atoms with Crippen LogP contribution in [-0.2, 0) is 13.1 Å². The maximum atomic E-state index is 5.96. The average Bonchev–Trinajstić information content (AvgIpc) is 3.66. The molecule has 0 spiro atoms. The molecule has 0 bridgehead atoms. The van der Waals surface area contributed by atoms with E-state index >= 15 is 0 Å². The number of aryl methyl sites for hydroxylation is 2. The molecule has 0 amide bonds. The highest BCUT2D eigenvalue weighted by Gasteiger charge is 2.03. The minimum Gasteiger partial charge on any atom is -0.494 e. The van der Waals surface area contributed by atoms with Gasteiger partial charge in [0.05, 0.1) is 38.7 Å². The van der Waals surface area contributed by atoms with E-state index in [2.05, 4.69) is 95.9 Å². The molecule has 40 heavy (non-hydrogen) atoms. The molecule has 0 atom stereocenters. The molecule has 0 saturated heterocycles. The molecular formula is C34H44N4O2+2. The summed E-state index contributed by atoms with van der Waals surface area (Å²) in [6, 6.07) is 16.8. The zero-order valence-corrected chi connectivity index (χ0v) is 23.7. The molecule has 0 radical (unpaired) electrons. The standard InChI is InChI=1S/C34H44N4O2/c1-3-35-23-25-37(29-35)21-9-5-7-11-27-39-33-17-13-31(14-18-33)32-15-19-34(20-16-32)40-28-12-8-6-10-22-38-26-24-36(4-2)30-38/h3-4,13-20,23-26,29-30H,1-2,5-12,21-22,27-28H2/q+2. The maximum absolute atomic E-state index is 5.96. The molecule has 0 aliphatic heterocycles. The van der Waals surface area contributed by atoms with Gasteiger partial charge in [-0.1, -0.05) is 37.4 Å². The smallest absolute Gasteiger partial charge is 0.248 e. The van der Waals surface area contributed by atoms with E-state index in [1.165, 1.54) is 49.7 Å². The summed E-state index contributed by atoms with van der Waals surface area (Å²) in [6.07, 6.45) is 25.2. The molecule has 210 valence electrons. The van der Waals surface area contributed by atoms with Gasteiger partial charge in [-0.05, 0) is 86.8 Å². The van der Waals surface area contributed by atoms with Crippen molar-refractivity contribution in [2.45, 2.75) is 64.5 Å². The predicted molar refractivity (Wildman–Crippen MR) is 162 cm³/mol. The molecule has 6 heteroatoms. The first kappa shape index (κ1) is 28.9. The molecule has 0 saturated carbocycles. The number of ether oxygens (including phenoxy) is 2. The summed E-state index contributed by atoms with van der Waals surface area (Å²) in [7, 11) is 0. The van der Waals surface area contributed by atoms with Crippen LogP contribution in [0.15, 0.2) is 99.1 Å². The van der Waals surface area contributed by atoms with Gasteiger partial charge < -0.3 is 9.47 Å². The number of nitrogens with zero attached hydrogens (tertiary/aromatic N) is 4. The van der Waals surface area contributed by atoms with Gasteiger partial charge in [-0.15, -0.1) is 0 Å². The number of hydrogen-bond donors (Lipinski definition) is 0. The van der Waals surface area contributed by atoms with Crippen LogP contribution in [0.2, 0.25) is 0 Å². The minimum atomic E-state index is 0.758. The van der Waals surface area contributed by atoms with Crippen molar-refractivity contribution >= 4 is 12.4 Å². The summed E-state index contributed by atoms with van der Waals surface area (Å²) in [5.41, 5.74) is 2.37. The van der Waals surface area contributed by atoms with Gasteiger partial charge in [0.2, 0.25) is 12.7 Å². The van der Waals surface area contributed by atoms with Crippen LogP contribution in [0.1, 0.15) is 51.4 Å². The van der Waals surface area contributed by atoms with E-state index in [0.717, 1.165) is 50.6 Å². The van der Waals surface area contributed by atoms with Crippen LogP contribution in [0.4, 0.5) is 0 Å². The Bertz CT molecular complexity index is 1190. The van der Waals surface area contributed by atoms with Gasteiger partial charge in [0.1, 0.15) is 36.3 Å². The molecule has 2 heterocycles. The van der Waals surface area contributed by atoms with Crippen LogP contribution in [0, 0.1) is 0 Å². The number of aromatic nitrogens is 4. The Balaban J connectivity index is 1.05. The molecule has 0 unspecified atom stereocenters. The maximum Gasteiger partial charge on any atom is 0.248 e. The Morgan fingerprint density at radius 3 is 1.32 bits per heavy atom. The second-order valence-corrected chi connectivity index (χ2v) is 10.1. The van der Waals surface area contributed by atoms with Crippen molar-refractivity contribution in [1.82, 2.24) is 9.13 Å². The van der Waals surface area contributed by atoms with Gasteiger partial charge in [0, 0.05) is 0 Å². The third-order valence-corrected chi connectivity index (χ3v) is 7.05. The van der Waals surface area contributed by atoms with Gasteiger partial charge in [0.15, 0.2) is 0 Å². The lowest BCUT2D eigenvalue weighted by atomic mass is 10.1. The van der Waals surface area contributed by atoms with Crippen molar-refractivity contribution in [2.75, 3.05) is 13.2 Å². The summed E-state index contributed by atoms with van der Waals surface area (Å²) in [4.78, 5) is 0. The van der Waals surface area contributed by atoms with Crippen molar-refractivity contribution in [3.8, 4) is 22.6 Å².